The van der Waals surface area contributed by atoms with Crippen molar-refractivity contribution in [1.29, 1.82) is 0 Å². The van der Waals surface area contributed by atoms with Crippen LogP contribution in [0, 0.1) is 0 Å². The Labute approximate surface area is 130 Å². The van der Waals surface area contributed by atoms with Gasteiger partial charge in [-0.2, -0.15) is 0 Å². The summed E-state index contributed by atoms with van der Waals surface area (Å²) >= 11 is 0. The maximum Gasteiger partial charge on any atom is 0.120 e. The number of nitrogens with one attached hydrogen (secondary N) is 1. The van der Waals surface area contributed by atoms with E-state index in [0.29, 0.717) is 24.3 Å². The zero-order valence-electron chi connectivity index (χ0n) is 11.5. The molecule has 21 heavy (non-hydrogen) atoms. The lowest BCUT2D eigenvalue weighted by atomic mass is 10.1. The molecule has 7 N–H and O–H groups in total. The normalized spacial score (nSPS) is 9.95. The highest BCUT2D eigenvalue weighted by Gasteiger charge is 2.05. The third-order valence-electron chi connectivity index (χ3n) is 3.08. The fourth-order valence-electron chi connectivity index (χ4n) is 2.05. The molecule has 6 heteroatoms. The van der Waals surface area contributed by atoms with Crippen LogP contribution in [0.3, 0.4) is 0 Å². The van der Waals surface area contributed by atoms with Gasteiger partial charge in [-0.05, 0) is 48.4 Å². The largest absolute Gasteiger partial charge is 0.508 e. The molecular weight excluding hydrogens is 290 g/mol. The molecule has 0 saturated carbocycles. The quantitative estimate of drug-likeness (QED) is 0.430. The van der Waals surface area contributed by atoms with Crippen LogP contribution in [0.25, 0.3) is 0 Å². The number of aliphatic hydroxyl groups is 1. The zero-order chi connectivity index (χ0) is 14.5. The fourth-order valence-corrected chi connectivity index (χ4v) is 2.05. The number of rotatable bonds is 5. The van der Waals surface area contributed by atoms with E-state index in [1.165, 1.54) is 0 Å². The molecule has 0 fully saturated rings. The van der Waals surface area contributed by atoms with Gasteiger partial charge in [0.1, 0.15) is 5.75 Å². The second-order valence-corrected chi connectivity index (χ2v) is 4.63. The van der Waals surface area contributed by atoms with E-state index < -0.39 is 0 Å². The number of aromatic hydroxyl groups is 1. The zero-order valence-corrected chi connectivity index (χ0v) is 12.4. The molecule has 2 aromatic rings. The summed E-state index contributed by atoms with van der Waals surface area (Å²) in [5, 5.41) is 22.1. The van der Waals surface area contributed by atoms with Crippen molar-refractivity contribution in [2.75, 3.05) is 23.4 Å². The van der Waals surface area contributed by atoms with Gasteiger partial charge in [-0.15, -0.1) is 12.4 Å². The van der Waals surface area contributed by atoms with Gasteiger partial charge in [0.15, 0.2) is 0 Å². The lowest BCUT2D eigenvalue weighted by Crippen LogP contribution is -2.05. The van der Waals surface area contributed by atoms with E-state index in [1.807, 2.05) is 12.1 Å². The number of benzene rings is 2. The molecule has 0 saturated heterocycles. The maximum absolute atomic E-state index is 9.77. The molecule has 0 bridgehead atoms. The van der Waals surface area contributed by atoms with Gasteiger partial charge < -0.3 is 27.0 Å². The summed E-state index contributed by atoms with van der Waals surface area (Å²) in [6.07, 6.45) is 0.524. The fraction of sp³-hybridized carbons (Fsp3) is 0.200. The smallest absolute Gasteiger partial charge is 0.120 e. The van der Waals surface area contributed by atoms with Crippen molar-refractivity contribution in [3.63, 3.8) is 0 Å². The average molecular weight is 310 g/mol. The van der Waals surface area contributed by atoms with Gasteiger partial charge in [-0.1, -0.05) is 0 Å². The highest BCUT2D eigenvalue weighted by Crippen LogP contribution is 2.24. The Balaban J connectivity index is 0.00000220. The third-order valence-corrected chi connectivity index (χ3v) is 3.08. The summed E-state index contributed by atoms with van der Waals surface area (Å²) in [6, 6.07) is 10.4. The number of phenolic OH excluding ortho intramolecular Hbond substituents is 1. The van der Waals surface area contributed by atoms with Crippen LogP contribution in [0.1, 0.15) is 11.1 Å². The lowest BCUT2D eigenvalue weighted by molar-refractivity contribution is 0.300. The van der Waals surface area contributed by atoms with Crippen molar-refractivity contribution in [2.24, 2.45) is 0 Å². The molecule has 0 aromatic heterocycles. The van der Waals surface area contributed by atoms with Gasteiger partial charge in [0.05, 0.1) is 0 Å². The number of halogens is 1. The van der Waals surface area contributed by atoms with Crippen molar-refractivity contribution >= 4 is 29.5 Å². The average Bonchev–Trinajstić information content (AvgIpc) is 2.42. The van der Waals surface area contributed by atoms with Crippen LogP contribution in [0.5, 0.6) is 5.75 Å². The summed E-state index contributed by atoms with van der Waals surface area (Å²) in [5.41, 5.74) is 15.3. The molecule has 114 valence electrons. The number of phenols is 1. The number of nitrogen functional groups attached to an aromatic ring is 2. The standard InChI is InChI=1S/C15H19N3O2.ClH/c16-12-1-3-14(10(7-12)5-6-19)18-9-11-8-13(17)2-4-15(11)20;/h1-4,7-8,18-20H,5-6,9,16-17H2;1H. The van der Waals surface area contributed by atoms with Gasteiger partial charge in [0, 0.05) is 35.8 Å². The first-order chi connectivity index (χ1) is 9.60. The SMILES string of the molecule is Cl.Nc1ccc(O)c(CNc2ccc(N)cc2CCO)c1. The molecule has 0 heterocycles. The molecule has 5 nitrogen and oxygen atoms in total. The summed E-state index contributed by atoms with van der Waals surface area (Å²) in [6.45, 7) is 0.501. The van der Waals surface area contributed by atoms with Crippen molar-refractivity contribution in [2.45, 2.75) is 13.0 Å². The van der Waals surface area contributed by atoms with Gasteiger partial charge in [-0.25, -0.2) is 0 Å². The first-order valence-electron chi connectivity index (χ1n) is 6.40. The van der Waals surface area contributed by atoms with Crippen LogP contribution in [0.2, 0.25) is 0 Å². The van der Waals surface area contributed by atoms with Crippen LogP contribution in [-0.2, 0) is 13.0 Å². The minimum Gasteiger partial charge on any atom is -0.508 e. The van der Waals surface area contributed by atoms with E-state index >= 15 is 0 Å². The summed E-state index contributed by atoms with van der Waals surface area (Å²) < 4.78 is 0. The van der Waals surface area contributed by atoms with Gasteiger partial charge in [0.2, 0.25) is 0 Å². The summed E-state index contributed by atoms with van der Waals surface area (Å²) in [5.74, 6) is 0.200. The number of nitrogens with two attached hydrogens (primary N) is 2. The molecule has 0 aliphatic carbocycles. The molecule has 0 aliphatic rings. The van der Waals surface area contributed by atoms with E-state index in [4.69, 9.17) is 16.6 Å². The first kappa shape index (κ1) is 16.9. The van der Waals surface area contributed by atoms with Gasteiger partial charge in [-0.3, -0.25) is 0 Å². The first-order valence-corrected chi connectivity index (χ1v) is 6.40. The Morgan fingerprint density at radius 1 is 0.952 bits per heavy atom. The number of anilines is 3. The molecule has 0 amide bonds. The van der Waals surface area contributed by atoms with Crippen molar-refractivity contribution < 1.29 is 10.2 Å². The second kappa shape index (κ2) is 7.61. The van der Waals surface area contributed by atoms with E-state index in [1.54, 1.807) is 24.3 Å². The van der Waals surface area contributed by atoms with Crippen LogP contribution in [-0.4, -0.2) is 16.8 Å². The van der Waals surface area contributed by atoms with Crippen LogP contribution >= 0.6 is 12.4 Å². The minimum atomic E-state index is 0. The molecule has 0 spiro atoms. The Bertz CT molecular complexity index is 605. The molecule has 0 aliphatic heterocycles. The topological polar surface area (TPSA) is 105 Å². The Hall–Kier alpha value is -2.11. The predicted molar refractivity (Wildman–Crippen MR) is 88.7 cm³/mol. The highest BCUT2D eigenvalue weighted by molar-refractivity contribution is 5.85. The monoisotopic (exact) mass is 309 g/mol. The van der Waals surface area contributed by atoms with Crippen molar-refractivity contribution in [1.82, 2.24) is 0 Å². The number of hydrogen-bond acceptors (Lipinski definition) is 5. The lowest BCUT2D eigenvalue weighted by Gasteiger charge is -2.13. The van der Waals surface area contributed by atoms with E-state index in [0.717, 1.165) is 16.8 Å². The second-order valence-electron chi connectivity index (χ2n) is 4.63. The molecule has 0 atom stereocenters. The van der Waals surface area contributed by atoms with E-state index in [-0.39, 0.29) is 24.8 Å². The molecule has 2 aromatic carbocycles. The third kappa shape index (κ3) is 4.44. The molecule has 2 rings (SSSR count). The van der Waals surface area contributed by atoms with E-state index in [9.17, 15) is 5.11 Å². The highest BCUT2D eigenvalue weighted by atomic mass is 35.5. The van der Waals surface area contributed by atoms with Crippen LogP contribution < -0.4 is 16.8 Å². The van der Waals surface area contributed by atoms with Crippen molar-refractivity contribution in [3.05, 3.63) is 47.5 Å². The number of aliphatic hydroxyl groups excluding tert-OH is 1. The number of hydrogen-bond donors (Lipinski definition) is 5. The Kier molecular flexibility index (Phi) is 6.14. The molecular formula is C15H20ClN3O2. The van der Waals surface area contributed by atoms with Crippen LogP contribution in [0.4, 0.5) is 17.1 Å². The van der Waals surface area contributed by atoms with Crippen LogP contribution in [0.15, 0.2) is 36.4 Å². The maximum atomic E-state index is 9.77. The minimum absolute atomic E-state index is 0. The predicted octanol–water partition coefficient (Wildman–Crippen LogP) is 2.13. The van der Waals surface area contributed by atoms with Gasteiger partial charge in [0.25, 0.3) is 0 Å². The summed E-state index contributed by atoms with van der Waals surface area (Å²) in [7, 11) is 0. The molecule has 0 radical (unpaired) electrons. The summed E-state index contributed by atoms with van der Waals surface area (Å²) in [4.78, 5) is 0. The Morgan fingerprint density at radius 2 is 1.57 bits per heavy atom. The van der Waals surface area contributed by atoms with Gasteiger partial charge >= 0.3 is 0 Å². The Morgan fingerprint density at radius 3 is 2.24 bits per heavy atom. The van der Waals surface area contributed by atoms with E-state index in [2.05, 4.69) is 5.32 Å². The van der Waals surface area contributed by atoms with Crippen molar-refractivity contribution in [3.8, 4) is 5.75 Å². The molecule has 0 unspecified atom stereocenters.